The van der Waals surface area contributed by atoms with E-state index in [1.165, 1.54) is 32.3 Å². The Hall–Kier alpha value is -3.66. The van der Waals surface area contributed by atoms with Crippen molar-refractivity contribution in [3.05, 3.63) is 42.9 Å². The molecule has 10 nitrogen and oxygen atoms in total. The van der Waals surface area contributed by atoms with Crippen LogP contribution in [0.1, 0.15) is 25.7 Å². The first kappa shape index (κ1) is 22.1. The minimum atomic E-state index is -0.205. The Bertz CT molecular complexity index is 1180. The van der Waals surface area contributed by atoms with Crippen molar-refractivity contribution in [1.82, 2.24) is 29.7 Å². The summed E-state index contributed by atoms with van der Waals surface area (Å²) >= 11 is 0. The van der Waals surface area contributed by atoms with Crippen LogP contribution < -0.4 is 16.0 Å². The summed E-state index contributed by atoms with van der Waals surface area (Å²) in [6, 6.07) is 9.60. The molecule has 4 heterocycles. The third-order valence-electron chi connectivity index (χ3n) is 6.71. The summed E-state index contributed by atoms with van der Waals surface area (Å²) in [5, 5.41) is 9.73. The monoisotopic (exact) mass is 462 g/mol. The molecule has 10 heteroatoms. The standard InChI is InChI=1S/C24H30N8O2/c1-25-23(33)32-13-6-17-4-5-18(14-20(17)32)28-21-15-22(27-16-26-21)29-24(34)31-11-7-19(8-12-31)30-9-2-3-10-30/h4-6,13-16,19H,2-3,7-12H2,1H3,(H,25,33)(H2,26,27,28,29,34). The average molecular weight is 463 g/mol. The van der Waals surface area contributed by atoms with Crippen molar-refractivity contribution in [2.24, 2.45) is 0 Å². The van der Waals surface area contributed by atoms with Crippen LogP contribution in [0.25, 0.3) is 10.9 Å². The Balaban J connectivity index is 1.22. The van der Waals surface area contributed by atoms with Crippen LogP contribution in [0.3, 0.4) is 0 Å². The number of hydrogen-bond donors (Lipinski definition) is 3. The molecule has 3 amide bonds. The molecule has 2 fully saturated rings. The lowest BCUT2D eigenvalue weighted by molar-refractivity contribution is 0.140. The molecule has 0 atom stereocenters. The van der Waals surface area contributed by atoms with Crippen molar-refractivity contribution >= 4 is 40.3 Å². The fourth-order valence-electron chi connectivity index (χ4n) is 4.88. The predicted molar refractivity (Wildman–Crippen MR) is 132 cm³/mol. The number of anilines is 3. The van der Waals surface area contributed by atoms with Gasteiger partial charge in [-0.2, -0.15) is 0 Å². The van der Waals surface area contributed by atoms with Gasteiger partial charge in [-0.15, -0.1) is 0 Å². The molecule has 3 aromatic rings. The quantitative estimate of drug-likeness (QED) is 0.548. The summed E-state index contributed by atoms with van der Waals surface area (Å²) in [5.41, 5.74) is 1.56. The number of rotatable bonds is 4. The number of carbonyl (C=O) groups is 2. The van der Waals surface area contributed by atoms with E-state index in [-0.39, 0.29) is 12.1 Å². The highest BCUT2D eigenvalue weighted by Crippen LogP contribution is 2.24. The van der Waals surface area contributed by atoms with Crippen LogP contribution in [0.4, 0.5) is 26.9 Å². The van der Waals surface area contributed by atoms with E-state index in [0.717, 1.165) is 42.5 Å². The van der Waals surface area contributed by atoms with Gasteiger partial charge in [0.1, 0.15) is 18.0 Å². The lowest BCUT2D eigenvalue weighted by Crippen LogP contribution is -2.47. The van der Waals surface area contributed by atoms with Gasteiger partial charge in [-0.25, -0.2) is 19.6 Å². The molecule has 178 valence electrons. The maximum atomic E-state index is 12.8. The average Bonchev–Trinajstić information content (AvgIpc) is 3.54. The number of fused-ring (bicyclic) bond motifs is 1. The van der Waals surface area contributed by atoms with Crippen molar-refractivity contribution in [3.8, 4) is 0 Å². The Morgan fingerprint density at radius 3 is 2.47 bits per heavy atom. The molecule has 2 saturated heterocycles. The number of piperidine rings is 1. The summed E-state index contributed by atoms with van der Waals surface area (Å²) in [6.07, 6.45) is 7.77. The van der Waals surface area contributed by atoms with E-state index in [2.05, 4.69) is 30.8 Å². The molecule has 0 bridgehead atoms. The zero-order valence-corrected chi connectivity index (χ0v) is 19.3. The fraction of sp³-hybridized carbons (Fsp3) is 0.417. The molecule has 34 heavy (non-hydrogen) atoms. The number of hydrogen-bond acceptors (Lipinski definition) is 6. The van der Waals surface area contributed by atoms with E-state index in [9.17, 15) is 9.59 Å². The highest BCUT2D eigenvalue weighted by Gasteiger charge is 2.28. The summed E-state index contributed by atoms with van der Waals surface area (Å²) in [7, 11) is 1.60. The Labute approximate surface area is 198 Å². The summed E-state index contributed by atoms with van der Waals surface area (Å²) in [5.74, 6) is 0.995. The van der Waals surface area contributed by atoms with Crippen molar-refractivity contribution in [3.63, 3.8) is 0 Å². The second kappa shape index (κ2) is 9.68. The van der Waals surface area contributed by atoms with Crippen LogP contribution in [-0.4, -0.2) is 75.7 Å². The van der Waals surface area contributed by atoms with Crippen LogP contribution in [0.5, 0.6) is 0 Å². The summed E-state index contributed by atoms with van der Waals surface area (Å²) in [4.78, 5) is 37.8. The zero-order chi connectivity index (χ0) is 23.5. The zero-order valence-electron chi connectivity index (χ0n) is 19.3. The van der Waals surface area contributed by atoms with E-state index in [1.54, 1.807) is 23.9 Å². The minimum absolute atomic E-state index is 0.130. The number of urea groups is 1. The van der Waals surface area contributed by atoms with Gasteiger partial charge in [0.25, 0.3) is 0 Å². The van der Waals surface area contributed by atoms with Crippen LogP contribution in [-0.2, 0) is 0 Å². The fourth-order valence-corrected chi connectivity index (χ4v) is 4.88. The second-order valence-electron chi connectivity index (χ2n) is 8.82. The lowest BCUT2D eigenvalue weighted by atomic mass is 10.0. The highest BCUT2D eigenvalue weighted by molar-refractivity contribution is 5.93. The molecule has 0 saturated carbocycles. The predicted octanol–water partition coefficient (Wildman–Crippen LogP) is 3.45. The van der Waals surface area contributed by atoms with Gasteiger partial charge in [0, 0.05) is 49.5 Å². The first-order chi connectivity index (χ1) is 16.6. The van der Waals surface area contributed by atoms with Crippen LogP contribution in [0, 0.1) is 0 Å². The lowest BCUT2D eigenvalue weighted by Gasteiger charge is -2.36. The third kappa shape index (κ3) is 4.67. The van der Waals surface area contributed by atoms with Crippen molar-refractivity contribution < 1.29 is 9.59 Å². The van der Waals surface area contributed by atoms with Gasteiger partial charge in [0.2, 0.25) is 0 Å². The number of carbonyl (C=O) groups excluding carboxylic acids is 2. The molecule has 2 aliphatic heterocycles. The molecule has 0 aliphatic carbocycles. The molecule has 5 rings (SSSR count). The van der Waals surface area contributed by atoms with E-state index < -0.39 is 0 Å². The van der Waals surface area contributed by atoms with Crippen molar-refractivity contribution in [2.75, 3.05) is 43.9 Å². The van der Waals surface area contributed by atoms with E-state index in [1.807, 2.05) is 29.2 Å². The Morgan fingerprint density at radius 2 is 1.71 bits per heavy atom. The topological polar surface area (TPSA) is 107 Å². The van der Waals surface area contributed by atoms with E-state index >= 15 is 0 Å². The number of nitrogens with zero attached hydrogens (tertiary/aromatic N) is 5. The number of likely N-dealkylation sites (tertiary alicyclic amines) is 2. The van der Waals surface area contributed by atoms with Gasteiger partial charge >= 0.3 is 12.1 Å². The van der Waals surface area contributed by atoms with Gasteiger partial charge in [-0.3, -0.25) is 9.88 Å². The summed E-state index contributed by atoms with van der Waals surface area (Å²) < 4.78 is 1.55. The Morgan fingerprint density at radius 1 is 0.941 bits per heavy atom. The van der Waals surface area contributed by atoms with E-state index in [4.69, 9.17) is 0 Å². The maximum Gasteiger partial charge on any atom is 0.325 e. The molecular weight excluding hydrogens is 432 g/mol. The highest BCUT2D eigenvalue weighted by atomic mass is 16.2. The van der Waals surface area contributed by atoms with Gasteiger partial charge in [-0.05, 0) is 57.0 Å². The van der Waals surface area contributed by atoms with Crippen molar-refractivity contribution in [2.45, 2.75) is 31.7 Å². The smallest absolute Gasteiger partial charge is 0.325 e. The Kier molecular flexibility index (Phi) is 6.31. The normalized spacial score (nSPS) is 17.1. The number of aromatic nitrogens is 3. The molecular formula is C24H30N8O2. The van der Waals surface area contributed by atoms with Gasteiger partial charge in [0.05, 0.1) is 5.52 Å². The maximum absolute atomic E-state index is 12.8. The molecule has 1 aromatic carbocycles. The van der Waals surface area contributed by atoms with Gasteiger partial charge in [0.15, 0.2) is 0 Å². The molecule has 0 spiro atoms. The summed E-state index contributed by atoms with van der Waals surface area (Å²) in [6.45, 7) is 3.90. The second-order valence-corrected chi connectivity index (χ2v) is 8.82. The van der Waals surface area contributed by atoms with E-state index in [0.29, 0.717) is 17.7 Å². The minimum Gasteiger partial charge on any atom is -0.340 e. The van der Waals surface area contributed by atoms with Gasteiger partial charge < -0.3 is 20.4 Å². The number of amides is 3. The van der Waals surface area contributed by atoms with Crippen LogP contribution in [0.15, 0.2) is 42.9 Å². The third-order valence-corrected chi connectivity index (χ3v) is 6.71. The SMILES string of the molecule is CNC(=O)n1ccc2ccc(Nc3cc(NC(=O)N4CCC(N5CCCC5)CC4)ncn3)cc21. The molecule has 0 unspecified atom stereocenters. The van der Waals surface area contributed by atoms with Gasteiger partial charge in [-0.1, -0.05) is 6.07 Å². The number of benzene rings is 1. The van der Waals surface area contributed by atoms with Crippen molar-refractivity contribution in [1.29, 1.82) is 0 Å². The molecule has 2 aliphatic rings. The van der Waals surface area contributed by atoms with Crippen LogP contribution >= 0.6 is 0 Å². The molecule has 2 aromatic heterocycles. The largest absolute Gasteiger partial charge is 0.340 e. The first-order valence-corrected chi connectivity index (χ1v) is 11.8. The molecule has 0 radical (unpaired) electrons. The number of nitrogens with one attached hydrogen (secondary N) is 3. The first-order valence-electron chi connectivity index (χ1n) is 11.8. The van der Waals surface area contributed by atoms with Crippen LogP contribution in [0.2, 0.25) is 0 Å². The molecule has 3 N–H and O–H groups in total.